The Morgan fingerprint density at radius 3 is 2.67 bits per heavy atom. The van der Waals surface area contributed by atoms with Gasteiger partial charge in [-0.3, -0.25) is 0 Å². The predicted octanol–water partition coefficient (Wildman–Crippen LogP) is 2.69. The summed E-state index contributed by atoms with van der Waals surface area (Å²) in [6.45, 7) is 7.72. The highest BCUT2D eigenvalue weighted by atomic mass is 16.4. The van der Waals surface area contributed by atoms with Gasteiger partial charge in [0.2, 0.25) is 0 Å². The Balaban J connectivity index is 2.20. The van der Waals surface area contributed by atoms with E-state index < -0.39 is 5.97 Å². The standard InChI is InChI=1S/C16H21N3O2/c1-3-19(4-2)10-9-17-15-13(16(20)21)11-12-7-5-6-8-14(12)18-15/h5-8,11H,3-4,9-10H2,1-2H3,(H,17,18)(H,20,21). The predicted molar refractivity (Wildman–Crippen MR) is 85.0 cm³/mol. The van der Waals surface area contributed by atoms with Gasteiger partial charge in [-0.15, -0.1) is 0 Å². The van der Waals surface area contributed by atoms with Crippen molar-refractivity contribution in [1.82, 2.24) is 9.88 Å². The minimum Gasteiger partial charge on any atom is -0.478 e. The molecule has 21 heavy (non-hydrogen) atoms. The van der Waals surface area contributed by atoms with Gasteiger partial charge in [0.25, 0.3) is 0 Å². The van der Waals surface area contributed by atoms with Crippen LogP contribution in [0.2, 0.25) is 0 Å². The second-order valence-corrected chi connectivity index (χ2v) is 4.84. The Kier molecular flexibility index (Phi) is 5.11. The minimum atomic E-state index is -0.960. The van der Waals surface area contributed by atoms with E-state index in [0.717, 1.165) is 30.5 Å². The average Bonchev–Trinajstić information content (AvgIpc) is 2.50. The maximum atomic E-state index is 11.4. The Morgan fingerprint density at radius 2 is 2.00 bits per heavy atom. The van der Waals surface area contributed by atoms with Crippen molar-refractivity contribution < 1.29 is 9.90 Å². The van der Waals surface area contributed by atoms with Crippen LogP contribution in [0, 0.1) is 0 Å². The SMILES string of the molecule is CCN(CC)CCNc1nc2ccccc2cc1C(=O)O. The molecule has 0 aliphatic carbocycles. The van der Waals surface area contributed by atoms with Crippen LogP contribution < -0.4 is 5.32 Å². The third-order valence-electron chi connectivity index (χ3n) is 3.57. The van der Waals surface area contributed by atoms with Crippen LogP contribution in [0.1, 0.15) is 24.2 Å². The zero-order valence-corrected chi connectivity index (χ0v) is 12.5. The number of nitrogens with zero attached hydrogens (tertiary/aromatic N) is 2. The van der Waals surface area contributed by atoms with Crippen LogP contribution in [0.5, 0.6) is 0 Å². The first-order valence-electron chi connectivity index (χ1n) is 7.25. The molecular weight excluding hydrogens is 266 g/mol. The monoisotopic (exact) mass is 287 g/mol. The molecule has 5 heteroatoms. The smallest absolute Gasteiger partial charge is 0.339 e. The molecule has 112 valence electrons. The molecule has 0 bridgehead atoms. The normalized spacial score (nSPS) is 11.0. The quantitative estimate of drug-likeness (QED) is 0.819. The molecule has 2 aromatic rings. The van der Waals surface area contributed by atoms with Gasteiger partial charge in [0.1, 0.15) is 11.4 Å². The Labute approximate surface area is 124 Å². The molecule has 1 aromatic heterocycles. The first-order chi connectivity index (χ1) is 10.2. The van der Waals surface area contributed by atoms with E-state index in [0.29, 0.717) is 12.4 Å². The van der Waals surface area contributed by atoms with Crippen molar-refractivity contribution in [2.75, 3.05) is 31.5 Å². The molecule has 1 aromatic carbocycles. The molecule has 5 nitrogen and oxygen atoms in total. The van der Waals surface area contributed by atoms with Crippen molar-refractivity contribution in [2.24, 2.45) is 0 Å². The average molecular weight is 287 g/mol. The molecule has 0 amide bonds. The number of nitrogens with one attached hydrogen (secondary N) is 1. The zero-order chi connectivity index (χ0) is 15.2. The fourth-order valence-corrected chi connectivity index (χ4v) is 2.29. The molecule has 0 radical (unpaired) electrons. The number of aromatic nitrogens is 1. The van der Waals surface area contributed by atoms with E-state index in [2.05, 4.69) is 29.0 Å². The summed E-state index contributed by atoms with van der Waals surface area (Å²) in [5, 5.41) is 13.3. The van der Waals surface area contributed by atoms with Crippen LogP contribution in [-0.4, -0.2) is 47.1 Å². The van der Waals surface area contributed by atoms with Crippen molar-refractivity contribution in [3.05, 3.63) is 35.9 Å². The van der Waals surface area contributed by atoms with Gasteiger partial charge < -0.3 is 15.3 Å². The van der Waals surface area contributed by atoms with Gasteiger partial charge in [-0.1, -0.05) is 32.0 Å². The number of para-hydroxylation sites is 1. The van der Waals surface area contributed by atoms with Crippen LogP contribution in [0.25, 0.3) is 10.9 Å². The summed E-state index contributed by atoms with van der Waals surface area (Å²) < 4.78 is 0. The zero-order valence-electron chi connectivity index (χ0n) is 12.5. The number of hydrogen-bond donors (Lipinski definition) is 2. The number of likely N-dealkylation sites (N-methyl/N-ethyl adjacent to an activating group) is 1. The largest absolute Gasteiger partial charge is 0.478 e. The van der Waals surface area contributed by atoms with E-state index in [1.807, 2.05) is 24.3 Å². The number of fused-ring (bicyclic) bond motifs is 1. The van der Waals surface area contributed by atoms with Gasteiger partial charge in [-0.25, -0.2) is 9.78 Å². The van der Waals surface area contributed by atoms with Gasteiger partial charge in [-0.2, -0.15) is 0 Å². The fourth-order valence-electron chi connectivity index (χ4n) is 2.29. The van der Waals surface area contributed by atoms with Gasteiger partial charge in [-0.05, 0) is 25.2 Å². The summed E-state index contributed by atoms with van der Waals surface area (Å²) in [6.07, 6.45) is 0. The van der Waals surface area contributed by atoms with E-state index in [1.165, 1.54) is 0 Å². The highest BCUT2D eigenvalue weighted by Crippen LogP contribution is 2.20. The van der Waals surface area contributed by atoms with Gasteiger partial charge >= 0.3 is 5.97 Å². The van der Waals surface area contributed by atoms with E-state index >= 15 is 0 Å². The Hall–Kier alpha value is -2.14. The molecule has 0 spiro atoms. The lowest BCUT2D eigenvalue weighted by molar-refractivity contribution is 0.0697. The number of benzene rings is 1. The molecule has 2 N–H and O–H groups in total. The lowest BCUT2D eigenvalue weighted by Crippen LogP contribution is -2.29. The van der Waals surface area contributed by atoms with Crippen LogP contribution in [-0.2, 0) is 0 Å². The fraction of sp³-hybridized carbons (Fsp3) is 0.375. The minimum absolute atomic E-state index is 0.216. The molecule has 0 unspecified atom stereocenters. The van der Waals surface area contributed by atoms with Crippen molar-refractivity contribution in [1.29, 1.82) is 0 Å². The van der Waals surface area contributed by atoms with Crippen molar-refractivity contribution in [3.63, 3.8) is 0 Å². The third-order valence-corrected chi connectivity index (χ3v) is 3.57. The van der Waals surface area contributed by atoms with Gasteiger partial charge in [0.05, 0.1) is 5.52 Å². The summed E-state index contributed by atoms with van der Waals surface area (Å²) in [7, 11) is 0. The van der Waals surface area contributed by atoms with Crippen LogP contribution >= 0.6 is 0 Å². The number of anilines is 1. The maximum Gasteiger partial charge on any atom is 0.339 e. The number of pyridine rings is 1. The molecular formula is C16H21N3O2. The number of rotatable bonds is 7. The number of hydrogen-bond acceptors (Lipinski definition) is 4. The molecule has 2 rings (SSSR count). The Morgan fingerprint density at radius 1 is 1.29 bits per heavy atom. The van der Waals surface area contributed by atoms with E-state index in [-0.39, 0.29) is 5.56 Å². The third kappa shape index (κ3) is 3.70. The Bertz CT molecular complexity index is 624. The first kappa shape index (κ1) is 15.3. The van der Waals surface area contributed by atoms with Crippen molar-refractivity contribution >= 4 is 22.7 Å². The summed E-state index contributed by atoms with van der Waals surface area (Å²) in [5.41, 5.74) is 1.01. The second-order valence-electron chi connectivity index (χ2n) is 4.84. The molecule has 0 fully saturated rings. The van der Waals surface area contributed by atoms with Crippen LogP contribution in [0.3, 0.4) is 0 Å². The summed E-state index contributed by atoms with van der Waals surface area (Å²) in [4.78, 5) is 18.1. The van der Waals surface area contributed by atoms with Crippen molar-refractivity contribution in [2.45, 2.75) is 13.8 Å². The van der Waals surface area contributed by atoms with E-state index in [4.69, 9.17) is 0 Å². The molecule has 0 aliphatic heterocycles. The number of carboxylic acids is 1. The second kappa shape index (κ2) is 7.04. The molecule has 0 atom stereocenters. The maximum absolute atomic E-state index is 11.4. The molecule has 0 saturated heterocycles. The van der Waals surface area contributed by atoms with Crippen LogP contribution in [0.15, 0.2) is 30.3 Å². The van der Waals surface area contributed by atoms with Crippen LogP contribution in [0.4, 0.5) is 5.82 Å². The summed E-state index contributed by atoms with van der Waals surface area (Å²) in [6, 6.07) is 9.20. The first-order valence-corrected chi connectivity index (χ1v) is 7.25. The van der Waals surface area contributed by atoms with Gasteiger partial charge in [0.15, 0.2) is 0 Å². The van der Waals surface area contributed by atoms with Gasteiger partial charge in [0, 0.05) is 18.5 Å². The lowest BCUT2D eigenvalue weighted by atomic mass is 10.1. The summed E-state index contributed by atoms with van der Waals surface area (Å²) >= 11 is 0. The lowest BCUT2D eigenvalue weighted by Gasteiger charge is -2.18. The molecule has 0 saturated carbocycles. The molecule has 1 heterocycles. The van der Waals surface area contributed by atoms with E-state index in [1.54, 1.807) is 6.07 Å². The number of carboxylic acid groups (broad SMARTS) is 1. The summed E-state index contributed by atoms with van der Waals surface area (Å²) in [5.74, 6) is -0.521. The highest BCUT2D eigenvalue weighted by Gasteiger charge is 2.13. The molecule has 0 aliphatic rings. The topological polar surface area (TPSA) is 65.5 Å². The number of carbonyl (C=O) groups is 1. The number of aromatic carboxylic acids is 1. The van der Waals surface area contributed by atoms with E-state index in [9.17, 15) is 9.90 Å². The highest BCUT2D eigenvalue weighted by molar-refractivity contribution is 5.98. The van der Waals surface area contributed by atoms with Crippen molar-refractivity contribution in [3.8, 4) is 0 Å².